The fourth-order valence-corrected chi connectivity index (χ4v) is 4.23. The van der Waals surface area contributed by atoms with E-state index < -0.39 is 0 Å². The SMILES string of the molecule is Clc1cc(-c2cc3nccnc3c(NCC3CNCCO3)n2)ccc1N1CCOCC1. The summed E-state index contributed by atoms with van der Waals surface area (Å²) in [4.78, 5) is 16.1. The highest BCUT2D eigenvalue weighted by atomic mass is 35.5. The first kappa shape index (κ1) is 20.4. The van der Waals surface area contributed by atoms with E-state index in [2.05, 4.69) is 37.6 Å². The lowest BCUT2D eigenvalue weighted by Gasteiger charge is -2.29. The summed E-state index contributed by atoms with van der Waals surface area (Å²) in [6.45, 7) is 6.19. The van der Waals surface area contributed by atoms with Crippen molar-refractivity contribution in [3.05, 3.63) is 41.7 Å². The van der Waals surface area contributed by atoms with Gasteiger partial charge in [-0.15, -0.1) is 0 Å². The summed E-state index contributed by atoms with van der Waals surface area (Å²) >= 11 is 6.66. The normalized spacial score (nSPS) is 19.5. The molecule has 1 aromatic carbocycles. The molecule has 2 saturated heterocycles. The Balaban J connectivity index is 1.44. The summed E-state index contributed by atoms with van der Waals surface area (Å²) in [6, 6.07) is 8.03. The molecule has 0 saturated carbocycles. The Morgan fingerprint density at radius 2 is 2.00 bits per heavy atom. The van der Waals surface area contributed by atoms with Crippen LogP contribution >= 0.6 is 11.6 Å². The molecule has 9 heteroatoms. The zero-order valence-electron chi connectivity index (χ0n) is 17.2. The number of rotatable bonds is 5. The number of ether oxygens (including phenoxy) is 2. The maximum absolute atomic E-state index is 6.66. The zero-order chi connectivity index (χ0) is 21.0. The van der Waals surface area contributed by atoms with Gasteiger partial charge in [-0.2, -0.15) is 0 Å². The molecule has 31 heavy (non-hydrogen) atoms. The van der Waals surface area contributed by atoms with E-state index in [1.807, 2.05) is 12.1 Å². The molecule has 2 aliphatic heterocycles. The van der Waals surface area contributed by atoms with E-state index >= 15 is 0 Å². The monoisotopic (exact) mass is 440 g/mol. The molecule has 0 aliphatic carbocycles. The van der Waals surface area contributed by atoms with Crippen LogP contribution in [-0.2, 0) is 9.47 Å². The lowest BCUT2D eigenvalue weighted by atomic mass is 10.1. The molecule has 2 aromatic heterocycles. The van der Waals surface area contributed by atoms with Crippen molar-refractivity contribution in [3.63, 3.8) is 0 Å². The second kappa shape index (κ2) is 9.32. The predicted octanol–water partition coefficient (Wildman–Crippen LogP) is 2.58. The standard InChI is InChI=1S/C22H25ClN6O2/c23-17-11-15(1-2-20(17)29-6-9-30-10-7-29)18-12-19-21(26-4-3-25-19)22(28-18)27-14-16-13-24-5-8-31-16/h1-4,11-12,16,24H,5-10,13-14H2,(H,27,28). The molecule has 1 unspecified atom stereocenters. The van der Waals surface area contributed by atoms with Crippen LogP contribution in [0.5, 0.6) is 0 Å². The Bertz CT molecular complexity index is 1050. The largest absolute Gasteiger partial charge is 0.378 e. The number of hydrogen-bond donors (Lipinski definition) is 2. The van der Waals surface area contributed by atoms with Crippen molar-refractivity contribution in [3.8, 4) is 11.3 Å². The molecule has 2 aliphatic rings. The lowest BCUT2D eigenvalue weighted by molar-refractivity contribution is 0.0372. The first-order valence-corrected chi connectivity index (χ1v) is 11.0. The highest BCUT2D eigenvalue weighted by Gasteiger charge is 2.17. The van der Waals surface area contributed by atoms with E-state index in [0.717, 1.165) is 67.4 Å². The van der Waals surface area contributed by atoms with E-state index in [4.69, 9.17) is 26.1 Å². The van der Waals surface area contributed by atoms with Gasteiger partial charge in [-0.3, -0.25) is 4.98 Å². The molecule has 2 N–H and O–H groups in total. The number of halogens is 1. The molecule has 5 rings (SSSR count). The van der Waals surface area contributed by atoms with E-state index in [0.29, 0.717) is 24.0 Å². The molecule has 0 radical (unpaired) electrons. The van der Waals surface area contributed by atoms with Gasteiger partial charge >= 0.3 is 0 Å². The fourth-order valence-electron chi connectivity index (χ4n) is 3.93. The van der Waals surface area contributed by atoms with Gasteiger partial charge in [0.05, 0.1) is 47.8 Å². The van der Waals surface area contributed by atoms with Crippen LogP contribution in [0.1, 0.15) is 0 Å². The van der Waals surface area contributed by atoms with Gasteiger partial charge < -0.3 is 25.0 Å². The van der Waals surface area contributed by atoms with Crippen LogP contribution in [-0.4, -0.2) is 73.6 Å². The second-order valence-corrected chi connectivity index (χ2v) is 8.03. The molecule has 3 aromatic rings. The van der Waals surface area contributed by atoms with E-state index in [1.165, 1.54) is 0 Å². The number of nitrogens with one attached hydrogen (secondary N) is 2. The van der Waals surface area contributed by atoms with Gasteiger partial charge in [0.2, 0.25) is 0 Å². The van der Waals surface area contributed by atoms with Gasteiger partial charge in [-0.25, -0.2) is 9.97 Å². The molecule has 162 valence electrons. The minimum absolute atomic E-state index is 0.0909. The Labute approximate surface area is 185 Å². The third-order valence-electron chi connectivity index (χ3n) is 5.55. The second-order valence-electron chi connectivity index (χ2n) is 7.62. The van der Waals surface area contributed by atoms with E-state index in [-0.39, 0.29) is 6.10 Å². The van der Waals surface area contributed by atoms with Crippen LogP contribution in [0.4, 0.5) is 11.5 Å². The average molecular weight is 441 g/mol. The first-order chi connectivity index (χ1) is 15.3. The number of pyridine rings is 1. The van der Waals surface area contributed by atoms with Crippen LogP contribution in [0.3, 0.4) is 0 Å². The molecular weight excluding hydrogens is 416 g/mol. The maximum atomic E-state index is 6.66. The fraction of sp³-hybridized carbons (Fsp3) is 0.409. The molecule has 0 spiro atoms. The molecule has 8 nitrogen and oxygen atoms in total. The van der Waals surface area contributed by atoms with Crippen molar-refractivity contribution in [2.75, 3.05) is 62.8 Å². The summed E-state index contributed by atoms with van der Waals surface area (Å²) in [5, 5.41) is 7.46. The number of hydrogen-bond acceptors (Lipinski definition) is 8. The minimum atomic E-state index is 0.0909. The van der Waals surface area contributed by atoms with Gasteiger partial charge in [0.15, 0.2) is 5.82 Å². The molecule has 1 atom stereocenters. The van der Waals surface area contributed by atoms with Gasteiger partial charge in [0.1, 0.15) is 5.52 Å². The summed E-state index contributed by atoms with van der Waals surface area (Å²) in [7, 11) is 0. The van der Waals surface area contributed by atoms with Crippen molar-refractivity contribution in [2.24, 2.45) is 0 Å². The van der Waals surface area contributed by atoms with E-state index in [1.54, 1.807) is 12.4 Å². The molecule has 4 heterocycles. The Kier molecular flexibility index (Phi) is 6.13. The van der Waals surface area contributed by atoms with Gasteiger partial charge in [-0.1, -0.05) is 17.7 Å². The first-order valence-electron chi connectivity index (χ1n) is 10.6. The van der Waals surface area contributed by atoms with Crippen molar-refractivity contribution in [1.29, 1.82) is 0 Å². The smallest absolute Gasteiger partial charge is 0.154 e. The van der Waals surface area contributed by atoms with Crippen LogP contribution in [0.15, 0.2) is 36.7 Å². The number of aromatic nitrogens is 3. The minimum Gasteiger partial charge on any atom is -0.378 e. The summed E-state index contributed by atoms with van der Waals surface area (Å²) < 4.78 is 11.2. The molecule has 2 fully saturated rings. The number of benzene rings is 1. The van der Waals surface area contributed by atoms with Crippen LogP contribution < -0.4 is 15.5 Å². The summed E-state index contributed by atoms with van der Waals surface area (Å²) in [5.41, 5.74) is 4.29. The highest BCUT2D eigenvalue weighted by molar-refractivity contribution is 6.33. The Hall–Kier alpha value is -2.52. The third-order valence-corrected chi connectivity index (χ3v) is 5.86. The van der Waals surface area contributed by atoms with Crippen LogP contribution in [0, 0.1) is 0 Å². The van der Waals surface area contributed by atoms with Crippen molar-refractivity contribution in [2.45, 2.75) is 6.10 Å². The van der Waals surface area contributed by atoms with Gasteiger partial charge in [-0.05, 0) is 18.2 Å². The quantitative estimate of drug-likeness (QED) is 0.626. The molecule has 0 amide bonds. The zero-order valence-corrected chi connectivity index (χ0v) is 17.9. The van der Waals surface area contributed by atoms with Gasteiger partial charge in [0.25, 0.3) is 0 Å². The average Bonchev–Trinajstić information content (AvgIpc) is 2.83. The Morgan fingerprint density at radius 3 is 2.81 bits per heavy atom. The van der Waals surface area contributed by atoms with Crippen molar-refractivity contribution < 1.29 is 9.47 Å². The Morgan fingerprint density at radius 1 is 1.13 bits per heavy atom. The molecule has 0 bridgehead atoms. The lowest BCUT2D eigenvalue weighted by Crippen LogP contribution is -2.42. The summed E-state index contributed by atoms with van der Waals surface area (Å²) in [5.74, 6) is 0.697. The van der Waals surface area contributed by atoms with Crippen LogP contribution in [0.2, 0.25) is 5.02 Å². The molecular formula is C22H25ClN6O2. The predicted molar refractivity (Wildman–Crippen MR) is 122 cm³/mol. The van der Waals surface area contributed by atoms with Crippen LogP contribution in [0.25, 0.3) is 22.3 Å². The van der Waals surface area contributed by atoms with Gasteiger partial charge in [0, 0.05) is 50.7 Å². The maximum Gasteiger partial charge on any atom is 0.154 e. The number of anilines is 2. The van der Waals surface area contributed by atoms with E-state index in [9.17, 15) is 0 Å². The third kappa shape index (κ3) is 4.57. The topological polar surface area (TPSA) is 84.4 Å². The number of fused-ring (bicyclic) bond motifs is 1. The summed E-state index contributed by atoms with van der Waals surface area (Å²) in [6.07, 6.45) is 3.47. The number of morpholine rings is 2. The van der Waals surface area contributed by atoms with Crippen molar-refractivity contribution in [1.82, 2.24) is 20.3 Å². The number of nitrogens with zero attached hydrogens (tertiary/aromatic N) is 4. The van der Waals surface area contributed by atoms with Crippen molar-refractivity contribution >= 4 is 34.1 Å². The highest BCUT2D eigenvalue weighted by Crippen LogP contribution is 2.33.